The number of rotatable bonds is 3. The first-order valence-corrected chi connectivity index (χ1v) is 7.07. The molecule has 1 unspecified atom stereocenters. The van der Waals surface area contributed by atoms with E-state index in [0.29, 0.717) is 10.6 Å². The summed E-state index contributed by atoms with van der Waals surface area (Å²) < 4.78 is 0. The molecule has 3 rings (SSSR count). The molecular weight excluding hydrogens is 256 g/mol. The molecule has 0 fully saturated rings. The standard InChI is InChI=1S/C15H12N2OS/c16-9-11(12-5-1-2-7-17-12)15(18)14-8-10-4-3-6-13(10)19-14/h1-2,5,7-8,11H,3-4,6H2. The molecule has 0 aromatic carbocycles. The van der Waals surface area contributed by atoms with Crippen molar-refractivity contribution in [1.82, 2.24) is 4.98 Å². The summed E-state index contributed by atoms with van der Waals surface area (Å²) in [7, 11) is 0. The molecule has 19 heavy (non-hydrogen) atoms. The van der Waals surface area contributed by atoms with Crippen LogP contribution in [0, 0.1) is 11.3 Å². The van der Waals surface area contributed by atoms with E-state index < -0.39 is 5.92 Å². The number of aryl methyl sites for hydroxylation is 2. The lowest BCUT2D eigenvalue weighted by atomic mass is 9.99. The Hall–Kier alpha value is -1.99. The molecule has 0 bridgehead atoms. The van der Waals surface area contributed by atoms with Crippen LogP contribution >= 0.6 is 11.3 Å². The fourth-order valence-corrected chi connectivity index (χ4v) is 3.62. The van der Waals surface area contributed by atoms with Crippen LogP contribution in [0.4, 0.5) is 0 Å². The molecule has 0 spiro atoms. The van der Waals surface area contributed by atoms with Crippen molar-refractivity contribution < 1.29 is 4.79 Å². The van der Waals surface area contributed by atoms with Gasteiger partial charge in [-0.05, 0) is 43.0 Å². The van der Waals surface area contributed by atoms with Crippen LogP contribution in [0.2, 0.25) is 0 Å². The zero-order chi connectivity index (χ0) is 13.2. The van der Waals surface area contributed by atoms with Gasteiger partial charge in [0, 0.05) is 11.1 Å². The summed E-state index contributed by atoms with van der Waals surface area (Å²) in [6.07, 6.45) is 4.91. The van der Waals surface area contributed by atoms with Crippen molar-refractivity contribution in [2.75, 3.05) is 0 Å². The number of hydrogen-bond donors (Lipinski definition) is 0. The second-order valence-electron chi connectivity index (χ2n) is 4.59. The molecule has 0 aliphatic heterocycles. The molecule has 2 heterocycles. The van der Waals surface area contributed by atoms with E-state index in [1.54, 1.807) is 35.7 Å². The first-order chi connectivity index (χ1) is 9.29. The maximum Gasteiger partial charge on any atom is 0.195 e. The molecule has 1 aliphatic carbocycles. The molecular formula is C15H12N2OS. The molecule has 0 amide bonds. The van der Waals surface area contributed by atoms with Gasteiger partial charge < -0.3 is 0 Å². The first kappa shape index (κ1) is 12.1. The summed E-state index contributed by atoms with van der Waals surface area (Å²) in [6, 6.07) is 9.35. The number of fused-ring (bicyclic) bond motifs is 1. The number of aromatic nitrogens is 1. The smallest absolute Gasteiger partial charge is 0.195 e. The normalized spacial score (nSPS) is 14.7. The maximum absolute atomic E-state index is 12.4. The SMILES string of the molecule is N#CC(C(=O)c1cc2c(s1)CCC2)c1ccccn1. The summed E-state index contributed by atoms with van der Waals surface area (Å²) in [5.74, 6) is -0.916. The van der Waals surface area contributed by atoms with Crippen LogP contribution in [0.1, 0.15) is 38.1 Å². The van der Waals surface area contributed by atoms with E-state index >= 15 is 0 Å². The second-order valence-corrected chi connectivity index (χ2v) is 5.73. The number of pyridine rings is 1. The van der Waals surface area contributed by atoms with Gasteiger partial charge in [0.1, 0.15) is 0 Å². The van der Waals surface area contributed by atoms with E-state index in [-0.39, 0.29) is 5.78 Å². The van der Waals surface area contributed by atoms with Crippen LogP contribution in [0.3, 0.4) is 0 Å². The average Bonchev–Trinajstić information content (AvgIpc) is 3.01. The molecule has 0 saturated carbocycles. The number of Topliss-reactive ketones (excluding diaryl/α,β-unsaturated/α-hetero) is 1. The quantitative estimate of drug-likeness (QED) is 0.804. The average molecular weight is 268 g/mol. The lowest BCUT2D eigenvalue weighted by Crippen LogP contribution is -2.11. The number of carbonyl (C=O) groups is 1. The Kier molecular flexibility index (Phi) is 3.14. The van der Waals surface area contributed by atoms with Crippen molar-refractivity contribution in [2.45, 2.75) is 25.2 Å². The lowest BCUT2D eigenvalue weighted by Gasteiger charge is -2.05. The van der Waals surface area contributed by atoms with E-state index in [4.69, 9.17) is 0 Å². The lowest BCUT2D eigenvalue weighted by molar-refractivity contribution is 0.0981. The predicted molar refractivity (Wildman–Crippen MR) is 73.3 cm³/mol. The van der Waals surface area contributed by atoms with Gasteiger partial charge in [-0.25, -0.2) is 0 Å². The maximum atomic E-state index is 12.4. The molecule has 2 aromatic heterocycles. The largest absolute Gasteiger partial charge is 0.291 e. The Bertz CT molecular complexity index is 633. The van der Waals surface area contributed by atoms with E-state index in [0.717, 1.165) is 12.8 Å². The van der Waals surface area contributed by atoms with E-state index in [9.17, 15) is 10.1 Å². The van der Waals surface area contributed by atoms with E-state index in [2.05, 4.69) is 11.1 Å². The van der Waals surface area contributed by atoms with Crippen molar-refractivity contribution in [3.63, 3.8) is 0 Å². The monoisotopic (exact) mass is 268 g/mol. The Labute approximate surface area is 115 Å². The second kappa shape index (κ2) is 4.94. The Morgan fingerprint density at radius 3 is 3.00 bits per heavy atom. The van der Waals surface area contributed by atoms with Gasteiger partial charge in [0.2, 0.25) is 0 Å². The fourth-order valence-electron chi connectivity index (χ4n) is 2.40. The van der Waals surface area contributed by atoms with E-state index in [1.165, 1.54) is 16.9 Å². The topological polar surface area (TPSA) is 53.8 Å². The first-order valence-electron chi connectivity index (χ1n) is 6.26. The molecule has 94 valence electrons. The van der Waals surface area contributed by atoms with Crippen LogP contribution in [-0.4, -0.2) is 10.8 Å². The molecule has 0 radical (unpaired) electrons. The minimum Gasteiger partial charge on any atom is -0.291 e. The fraction of sp³-hybridized carbons (Fsp3) is 0.267. The highest BCUT2D eigenvalue weighted by atomic mass is 32.1. The summed E-state index contributed by atoms with van der Waals surface area (Å²) in [6.45, 7) is 0. The van der Waals surface area contributed by atoms with Crippen molar-refractivity contribution >= 4 is 17.1 Å². The predicted octanol–water partition coefficient (Wildman–Crippen LogP) is 3.12. The number of nitrogens with zero attached hydrogens (tertiary/aromatic N) is 2. The summed E-state index contributed by atoms with van der Waals surface area (Å²) >= 11 is 1.54. The molecule has 1 atom stereocenters. The van der Waals surface area contributed by atoms with Gasteiger partial charge in [-0.1, -0.05) is 6.07 Å². The van der Waals surface area contributed by atoms with Gasteiger partial charge in [-0.2, -0.15) is 5.26 Å². The van der Waals surface area contributed by atoms with Crippen LogP contribution in [0.15, 0.2) is 30.5 Å². The van der Waals surface area contributed by atoms with Gasteiger partial charge in [0.15, 0.2) is 11.7 Å². The van der Waals surface area contributed by atoms with Crippen molar-refractivity contribution in [2.24, 2.45) is 0 Å². The number of thiophene rings is 1. The van der Waals surface area contributed by atoms with Crippen molar-refractivity contribution in [1.29, 1.82) is 5.26 Å². The van der Waals surface area contributed by atoms with Gasteiger partial charge in [-0.15, -0.1) is 11.3 Å². The minimum absolute atomic E-state index is 0.124. The Morgan fingerprint density at radius 2 is 2.32 bits per heavy atom. The summed E-state index contributed by atoms with van der Waals surface area (Å²) in [5, 5.41) is 9.25. The van der Waals surface area contributed by atoms with Crippen LogP contribution in [-0.2, 0) is 12.8 Å². The van der Waals surface area contributed by atoms with Crippen LogP contribution in [0.5, 0.6) is 0 Å². The third-order valence-corrected chi connectivity index (χ3v) is 4.62. The molecule has 2 aromatic rings. The van der Waals surface area contributed by atoms with Gasteiger partial charge in [-0.3, -0.25) is 9.78 Å². The third kappa shape index (κ3) is 2.18. The van der Waals surface area contributed by atoms with Crippen LogP contribution < -0.4 is 0 Å². The van der Waals surface area contributed by atoms with Gasteiger partial charge in [0.05, 0.1) is 16.6 Å². The highest BCUT2D eigenvalue weighted by Gasteiger charge is 2.26. The zero-order valence-corrected chi connectivity index (χ0v) is 11.1. The van der Waals surface area contributed by atoms with Crippen LogP contribution in [0.25, 0.3) is 0 Å². The van der Waals surface area contributed by atoms with Gasteiger partial charge in [0.25, 0.3) is 0 Å². The molecule has 0 N–H and O–H groups in total. The summed E-state index contributed by atoms with van der Waals surface area (Å²) in [4.78, 5) is 18.6. The molecule has 1 aliphatic rings. The zero-order valence-electron chi connectivity index (χ0n) is 10.3. The third-order valence-electron chi connectivity index (χ3n) is 3.36. The highest BCUT2D eigenvalue weighted by molar-refractivity contribution is 7.14. The van der Waals surface area contributed by atoms with Crippen molar-refractivity contribution in [3.8, 4) is 6.07 Å². The Morgan fingerprint density at radius 1 is 1.42 bits per heavy atom. The van der Waals surface area contributed by atoms with E-state index in [1.807, 2.05) is 6.07 Å². The Balaban J connectivity index is 1.92. The molecule has 0 saturated heterocycles. The van der Waals surface area contributed by atoms with Crippen molar-refractivity contribution in [3.05, 3.63) is 51.5 Å². The minimum atomic E-state index is -0.792. The highest BCUT2D eigenvalue weighted by Crippen LogP contribution is 2.33. The molecule has 3 nitrogen and oxygen atoms in total. The molecule has 4 heteroatoms. The number of nitriles is 1. The summed E-state index contributed by atoms with van der Waals surface area (Å²) in [5.41, 5.74) is 1.81. The van der Waals surface area contributed by atoms with Gasteiger partial charge >= 0.3 is 0 Å². The number of ketones is 1. The number of carbonyl (C=O) groups excluding carboxylic acids is 1. The number of hydrogen-bond acceptors (Lipinski definition) is 4.